The third kappa shape index (κ3) is 4.92. The lowest BCUT2D eigenvalue weighted by Crippen LogP contribution is -2.92. The minimum Gasteiger partial charge on any atom is -0.349 e. The van der Waals surface area contributed by atoms with Gasteiger partial charge in [-0.15, -0.1) is 11.3 Å². The summed E-state index contributed by atoms with van der Waals surface area (Å²) < 4.78 is 0. The van der Waals surface area contributed by atoms with Crippen molar-refractivity contribution < 1.29 is 10.1 Å². The molecule has 1 aromatic heterocycles. The molecule has 2 rings (SSSR count). The Bertz CT molecular complexity index is 632. The number of rotatable bonds is 7. The summed E-state index contributed by atoms with van der Waals surface area (Å²) in [6.45, 7) is 10.4. The minimum absolute atomic E-state index is 0.0883. The Labute approximate surface area is 149 Å². The predicted molar refractivity (Wildman–Crippen MR) is 101 cm³/mol. The Balaban J connectivity index is 2.21. The number of nitrogens with one attached hydrogen (secondary N) is 1. The predicted octanol–water partition coefficient (Wildman–Crippen LogP) is 3.44. The van der Waals surface area contributed by atoms with Crippen molar-refractivity contribution in [3.05, 3.63) is 57.8 Å². The number of carbonyl (C=O) groups is 1. The Morgan fingerprint density at radius 2 is 1.62 bits per heavy atom. The quantitative estimate of drug-likeness (QED) is 0.793. The summed E-state index contributed by atoms with van der Waals surface area (Å²) in [5.41, 5.74) is 2.58. The SMILES string of the molecule is CC(C)NC(=O)[C@@H](C)[NH2+][C@H](c1ccc(C(C)C)cc1)c1cccs1. The highest BCUT2D eigenvalue weighted by Crippen LogP contribution is 2.24. The largest absolute Gasteiger partial charge is 0.349 e. The fraction of sp³-hybridized carbons (Fsp3) is 0.450. The van der Waals surface area contributed by atoms with Gasteiger partial charge in [0.1, 0.15) is 6.04 Å². The summed E-state index contributed by atoms with van der Waals surface area (Å²) in [5, 5.41) is 7.26. The van der Waals surface area contributed by atoms with Crippen LogP contribution in [0.15, 0.2) is 41.8 Å². The first kappa shape index (κ1) is 18.7. The molecule has 0 fully saturated rings. The van der Waals surface area contributed by atoms with E-state index in [1.165, 1.54) is 16.0 Å². The highest BCUT2D eigenvalue weighted by Gasteiger charge is 2.25. The molecule has 0 aliphatic heterocycles. The van der Waals surface area contributed by atoms with Crippen LogP contribution in [0.25, 0.3) is 0 Å². The van der Waals surface area contributed by atoms with E-state index in [-0.39, 0.29) is 24.0 Å². The number of hydrogen-bond donors (Lipinski definition) is 2. The van der Waals surface area contributed by atoms with Crippen molar-refractivity contribution in [3.63, 3.8) is 0 Å². The Hall–Kier alpha value is -1.65. The van der Waals surface area contributed by atoms with Crippen LogP contribution in [-0.4, -0.2) is 18.0 Å². The van der Waals surface area contributed by atoms with Crippen molar-refractivity contribution in [1.82, 2.24) is 5.32 Å². The summed E-state index contributed by atoms with van der Waals surface area (Å²) in [7, 11) is 0. The van der Waals surface area contributed by atoms with Gasteiger partial charge in [0.2, 0.25) is 0 Å². The van der Waals surface area contributed by atoms with Crippen LogP contribution in [0, 0.1) is 0 Å². The number of nitrogens with two attached hydrogens (primary N) is 1. The van der Waals surface area contributed by atoms with Crippen LogP contribution < -0.4 is 10.6 Å². The zero-order valence-electron chi connectivity index (χ0n) is 15.2. The van der Waals surface area contributed by atoms with E-state index in [0.29, 0.717) is 5.92 Å². The molecule has 0 saturated heterocycles. The van der Waals surface area contributed by atoms with Crippen LogP contribution in [0.3, 0.4) is 0 Å². The van der Waals surface area contributed by atoms with Crippen molar-refractivity contribution in [3.8, 4) is 0 Å². The summed E-state index contributed by atoms with van der Waals surface area (Å²) in [6, 6.07) is 13.2. The van der Waals surface area contributed by atoms with E-state index in [0.717, 1.165) is 0 Å². The molecule has 130 valence electrons. The molecule has 0 saturated carbocycles. The summed E-state index contributed by atoms with van der Waals surface area (Å²) >= 11 is 1.74. The van der Waals surface area contributed by atoms with Gasteiger partial charge in [-0.2, -0.15) is 0 Å². The molecule has 1 heterocycles. The molecule has 0 radical (unpaired) electrons. The molecule has 4 heteroatoms. The van der Waals surface area contributed by atoms with E-state index in [1.54, 1.807) is 11.3 Å². The molecule has 3 nitrogen and oxygen atoms in total. The molecule has 24 heavy (non-hydrogen) atoms. The average molecular weight is 346 g/mol. The second-order valence-corrected chi connectivity index (χ2v) is 7.94. The van der Waals surface area contributed by atoms with Gasteiger partial charge in [-0.1, -0.05) is 44.2 Å². The fourth-order valence-corrected chi connectivity index (χ4v) is 3.55. The fourth-order valence-electron chi connectivity index (χ4n) is 2.72. The first-order valence-corrected chi connectivity index (χ1v) is 9.55. The van der Waals surface area contributed by atoms with Gasteiger partial charge in [0.15, 0.2) is 6.04 Å². The molecular formula is C20H29N2OS+. The normalized spacial score (nSPS) is 14.0. The lowest BCUT2D eigenvalue weighted by molar-refractivity contribution is -0.704. The van der Waals surface area contributed by atoms with Crippen molar-refractivity contribution in [2.45, 2.75) is 58.7 Å². The second kappa shape index (κ2) is 8.45. The lowest BCUT2D eigenvalue weighted by Gasteiger charge is -2.20. The van der Waals surface area contributed by atoms with Gasteiger partial charge in [0.25, 0.3) is 5.91 Å². The van der Waals surface area contributed by atoms with Crippen molar-refractivity contribution >= 4 is 17.2 Å². The number of amides is 1. The zero-order valence-corrected chi connectivity index (χ0v) is 16.1. The lowest BCUT2D eigenvalue weighted by atomic mass is 9.98. The van der Waals surface area contributed by atoms with E-state index < -0.39 is 0 Å². The van der Waals surface area contributed by atoms with Crippen molar-refractivity contribution in [2.75, 3.05) is 0 Å². The van der Waals surface area contributed by atoms with Crippen LogP contribution in [0.5, 0.6) is 0 Å². The first-order chi connectivity index (χ1) is 11.4. The van der Waals surface area contributed by atoms with Crippen LogP contribution >= 0.6 is 11.3 Å². The van der Waals surface area contributed by atoms with E-state index in [2.05, 4.69) is 66.3 Å². The second-order valence-electron chi connectivity index (χ2n) is 6.96. The Morgan fingerprint density at radius 1 is 1.00 bits per heavy atom. The van der Waals surface area contributed by atoms with Crippen LogP contribution in [0.4, 0.5) is 0 Å². The maximum absolute atomic E-state index is 12.3. The number of quaternary nitrogens is 1. The summed E-state index contributed by atoms with van der Waals surface area (Å²) in [4.78, 5) is 13.6. The third-order valence-corrected chi connectivity index (χ3v) is 5.09. The first-order valence-electron chi connectivity index (χ1n) is 8.67. The van der Waals surface area contributed by atoms with E-state index in [1.807, 2.05) is 20.8 Å². The maximum Gasteiger partial charge on any atom is 0.278 e. The highest BCUT2D eigenvalue weighted by molar-refractivity contribution is 7.10. The third-order valence-electron chi connectivity index (χ3n) is 4.14. The number of benzene rings is 1. The number of thiophene rings is 1. The smallest absolute Gasteiger partial charge is 0.278 e. The molecule has 0 spiro atoms. The van der Waals surface area contributed by atoms with Gasteiger partial charge in [0.05, 0.1) is 4.88 Å². The van der Waals surface area contributed by atoms with E-state index in [9.17, 15) is 4.79 Å². The van der Waals surface area contributed by atoms with E-state index in [4.69, 9.17) is 0 Å². The van der Waals surface area contributed by atoms with E-state index >= 15 is 0 Å². The van der Waals surface area contributed by atoms with Crippen molar-refractivity contribution in [2.24, 2.45) is 0 Å². The molecule has 2 aromatic rings. The molecule has 1 amide bonds. The zero-order chi connectivity index (χ0) is 17.7. The Kier molecular flexibility index (Phi) is 6.58. The van der Waals surface area contributed by atoms with Gasteiger partial charge < -0.3 is 10.6 Å². The van der Waals surface area contributed by atoms with Gasteiger partial charge in [0, 0.05) is 11.6 Å². The van der Waals surface area contributed by atoms with Gasteiger partial charge in [-0.05, 0) is 43.7 Å². The molecule has 1 aromatic carbocycles. The molecule has 0 bridgehead atoms. The molecule has 0 unspecified atom stereocenters. The average Bonchev–Trinajstić information content (AvgIpc) is 3.06. The van der Waals surface area contributed by atoms with Crippen LogP contribution in [-0.2, 0) is 4.79 Å². The minimum atomic E-state index is -0.135. The molecule has 0 aliphatic rings. The molecular weight excluding hydrogens is 316 g/mol. The summed E-state index contributed by atoms with van der Waals surface area (Å²) in [6.07, 6.45) is 0. The highest BCUT2D eigenvalue weighted by atomic mass is 32.1. The number of carbonyl (C=O) groups excluding carboxylic acids is 1. The van der Waals surface area contributed by atoms with Gasteiger partial charge in [-0.25, -0.2) is 0 Å². The molecule has 0 aliphatic carbocycles. The maximum atomic E-state index is 12.3. The standard InChI is InChI=1S/C20H28N2OS/c1-13(2)16-8-10-17(11-9-16)19(18-7-6-12-24-18)22-15(5)20(23)21-14(3)4/h6-15,19,22H,1-5H3,(H,21,23)/p+1/t15-,19-/m1/s1. The monoisotopic (exact) mass is 345 g/mol. The van der Waals surface area contributed by atoms with Crippen molar-refractivity contribution in [1.29, 1.82) is 0 Å². The number of hydrogen-bond acceptors (Lipinski definition) is 2. The van der Waals surface area contributed by atoms with Gasteiger partial charge in [-0.3, -0.25) is 4.79 Å². The molecule has 2 atom stereocenters. The van der Waals surface area contributed by atoms with Crippen LogP contribution in [0.1, 0.15) is 62.6 Å². The van der Waals surface area contributed by atoms with Crippen LogP contribution in [0.2, 0.25) is 0 Å². The Morgan fingerprint density at radius 3 is 2.12 bits per heavy atom. The summed E-state index contributed by atoms with van der Waals surface area (Å²) in [5.74, 6) is 0.615. The topological polar surface area (TPSA) is 45.7 Å². The molecule has 3 N–H and O–H groups in total. The van der Waals surface area contributed by atoms with Gasteiger partial charge >= 0.3 is 0 Å².